The van der Waals surface area contributed by atoms with Crippen LogP contribution in [-0.4, -0.2) is 37.0 Å². The molecule has 22 aromatic carbocycles. The smallest absolute Gasteiger partial charge is 0.0542 e. The van der Waals surface area contributed by atoms with Crippen LogP contribution in [-0.2, 0) is 0 Å². The van der Waals surface area contributed by atoms with E-state index in [9.17, 15) is 0 Å². The molecule has 0 atom stereocenters. The molecule has 0 aliphatic heterocycles. The number of nitrogens with zero attached hydrogens (tertiary/aromatic N) is 8. The molecular weight excluding hydrogens is 2120 g/mol. The van der Waals surface area contributed by atoms with E-state index in [2.05, 4.69) is 601 Å². The number of benzene rings is 22. The number of H-pyrrole nitrogens is 1. The third kappa shape index (κ3) is 16.0. The highest BCUT2D eigenvalue weighted by atomic mass is 127. The van der Waals surface area contributed by atoms with Crippen LogP contribution >= 0.6 is 67.8 Å². The van der Waals surface area contributed by atoms with Crippen molar-refractivity contribution in [3.8, 4) is 39.8 Å². The standard InChI is InChI=1S/C66H43N5.C30H19IN2.C18H11I2N.C12H9N.C6H7N.CH4/c1-4-18-44(19-5-1)67(47-32-36-63-55(40-47)57-42-49(34-38-65(57)68(63)45-20-6-2-7-21-45)70-59-28-14-10-24-51(59)52-25-11-15-29-60(52)70)48-33-37-64-56(41-48)58-43-50(35-39-66(58)69(64)46-22-8-3-9-23-46)71-61-30-16-12-26-53(61)54-27-13-17-31-62(54)71;31-20-14-16-29-25(18-20)26-19-22(15-17-30(26)32(29)21-8-2-1-3-9-21)33-27-12-6-4-10-23(27)24-11-5-7-13-28(24)33;19-12-6-8-17-15(10-12)16-11-13(20)7-9-18(16)21(17)14-4-2-1-3-5-14;1-3-7-11-9(5-1)10-6-2-4-8-12(10)13-11;7-6-4-2-1-3-5-6;/h1-43H;1-19H;1-11H;1-8,13H;1-5H,7H2;1H4. The van der Waals surface area contributed by atoms with E-state index in [0.29, 0.717) is 0 Å². The van der Waals surface area contributed by atoms with E-state index in [1.54, 1.807) is 0 Å². The first-order chi connectivity index (χ1) is 71.6. The number of anilines is 4. The molecule has 0 bridgehead atoms. The highest BCUT2D eigenvalue weighted by Gasteiger charge is 2.26. The fourth-order valence-electron chi connectivity index (χ4n) is 21.9. The number of rotatable bonds is 10. The van der Waals surface area contributed by atoms with Gasteiger partial charge in [0.25, 0.3) is 0 Å². The first-order valence-corrected chi connectivity index (χ1v) is 51.9. The Hall–Kier alpha value is -17.0. The van der Waals surface area contributed by atoms with Gasteiger partial charge in [-0.05, 0) is 335 Å². The Morgan fingerprint density at radius 1 is 0.158 bits per heavy atom. The number of nitrogens with one attached hydrogen (secondary N) is 1. The fraction of sp³-hybridized carbons (Fsp3) is 0.00752. The number of nitrogen functional groups attached to an aromatic ring is 1. The highest BCUT2D eigenvalue weighted by Crippen LogP contribution is 2.47. The first kappa shape index (κ1) is 90.3. The summed E-state index contributed by atoms with van der Waals surface area (Å²) in [6.07, 6.45) is 0. The molecule has 13 heteroatoms. The van der Waals surface area contributed by atoms with Gasteiger partial charge in [0.15, 0.2) is 0 Å². The Labute approximate surface area is 884 Å². The van der Waals surface area contributed by atoms with Crippen molar-refractivity contribution in [3.05, 3.63) is 532 Å². The maximum Gasteiger partial charge on any atom is 0.0542 e. The number of hydrogen-bond acceptors (Lipinski definition) is 2. The fourth-order valence-corrected chi connectivity index (χ4v) is 23.4. The summed E-state index contributed by atoms with van der Waals surface area (Å²) in [7, 11) is 0. The van der Waals surface area contributed by atoms with Gasteiger partial charge in [0.05, 0.1) is 77.2 Å². The number of para-hydroxylation sites is 14. The summed E-state index contributed by atoms with van der Waals surface area (Å²) in [6.45, 7) is 0. The lowest BCUT2D eigenvalue weighted by Crippen LogP contribution is -2.09. The van der Waals surface area contributed by atoms with Crippen molar-refractivity contribution in [2.75, 3.05) is 10.6 Å². The van der Waals surface area contributed by atoms with Crippen LogP contribution < -0.4 is 10.6 Å². The second kappa shape index (κ2) is 38.4. The molecular formula is C133H93I3N10. The van der Waals surface area contributed by atoms with Crippen molar-refractivity contribution in [3.63, 3.8) is 0 Å². The van der Waals surface area contributed by atoms with Crippen molar-refractivity contribution < 1.29 is 0 Å². The van der Waals surface area contributed by atoms with Gasteiger partial charge in [-0.15, -0.1) is 0 Å². The minimum atomic E-state index is 0. The average molecular weight is 2210 g/mol. The van der Waals surface area contributed by atoms with Crippen LogP contribution in [0, 0.1) is 10.7 Å². The molecule has 0 unspecified atom stereocenters. The molecule has 3 N–H and O–H groups in total. The monoisotopic (exact) mass is 2210 g/mol. The molecule has 30 aromatic rings. The average Bonchev–Trinajstić information content (AvgIpc) is 1.57. The van der Waals surface area contributed by atoms with Crippen LogP contribution in [0.25, 0.3) is 214 Å². The number of aromatic amines is 1. The van der Waals surface area contributed by atoms with Gasteiger partial charge in [-0.2, -0.15) is 0 Å². The molecule has 30 rings (SSSR count). The lowest BCUT2D eigenvalue weighted by atomic mass is 10.1. The summed E-state index contributed by atoms with van der Waals surface area (Å²) >= 11 is 7.18. The van der Waals surface area contributed by atoms with Crippen LogP contribution in [0.1, 0.15) is 7.43 Å². The molecule has 0 saturated heterocycles. The van der Waals surface area contributed by atoms with Crippen molar-refractivity contribution in [2.45, 2.75) is 7.43 Å². The molecule has 8 aromatic heterocycles. The van der Waals surface area contributed by atoms with Crippen molar-refractivity contribution >= 4 is 265 Å². The number of fused-ring (bicyclic) bond motifs is 24. The van der Waals surface area contributed by atoms with Crippen LogP contribution in [0.15, 0.2) is 522 Å². The summed E-state index contributed by atoms with van der Waals surface area (Å²) in [6, 6.07) is 187. The Morgan fingerprint density at radius 3 is 0.623 bits per heavy atom. The lowest BCUT2D eigenvalue weighted by molar-refractivity contribution is 1.16. The zero-order valence-corrected chi connectivity index (χ0v) is 84.9. The topological polar surface area (TPSA) is 79.6 Å². The van der Waals surface area contributed by atoms with Crippen molar-refractivity contribution in [2.24, 2.45) is 0 Å². The van der Waals surface area contributed by atoms with Gasteiger partial charge in [-0.25, -0.2) is 0 Å². The molecule has 0 radical (unpaired) electrons. The quantitative estimate of drug-likeness (QED) is 0.106. The van der Waals surface area contributed by atoms with E-state index in [0.717, 1.165) is 67.6 Å². The lowest BCUT2D eigenvalue weighted by Gasteiger charge is -2.26. The minimum Gasteiger partial charge on any atom is -0.399 e. The van der Waals surface area contributed by atoms with Gasteiger partial charge in [-0.1, -0.05) is 262 Å². The zero-order chi connectivity index (χ0) is 96.7. The summed E-state index contributed by atoms with van der Waals surface area (Å²) in [4.78, 5) is 5.80. The predicted octanol–water partition coefficient (Wildman–Crippen LogP) is 37.2. The maximum atomic E-state index is 5.36. The van der Waals surface area contributed by atoms with E-state index in [1.807, 2.05) is 30.3 Å². The van der Waals surface area contributed by atoms with Crippen LogP contribution in [0.3, 0.4) is 0 Å². The normalized spacial score (nSPS) is 11.5. The number of nitrogens with two attached hydrogens (primary N) is 1. The SMILES string of the molecule is C.Ic1ccc2c(c1)c1cc(-n3c4ccccc4c4ccccc43)ccc1n2-c1ccccc1.Ic1ccc2c(c1)c1cc(I)ccc1n2-c1ccccc1.Nc1ccccc1.c1ccc(N(c2ccc3c(c2)c2cc(-n4c5ccccc5c5ccccc54)ccc2n3-c2ccccc2)c2ccc3c(c2)c2cc(-n4c5ccccc5c5ccccc54)ccc2n3-c2ccccc2)cc1.c1ccc2c(c1)[nH]c1ccccc12. The van der Waals surface area contributed by atoms with E-state index < -0.39 is 0 Å². The van der Waals surface area contributed by atoms with Gasteiger partial charge in [0, 0.05) is 170 Å². The van der Waals surface area contributed by atoms with Crippen LogP contribution in [0.2, 0.25) is 0 Å². The minimum absolute atomic E-state index is 0. The van der Waals surface area contributed by atoms with E-state index in [1.165, 1.54) is 180 Å². The second-order valence-corrected chi connectivity index (χ2v) is 40.3. The maximum absolute atomic E-state index is 5.36. The molecule has 0 amide bonds. The second-order valence-electron chi connectivity index (χ2n) is 36.6. The summed E-state index contributed by atoms with van der Waals surface area (Å²) < 4.78 is 20.6. The van der Waals surface area contributed by atoms with Gasteiger partial charge >= 0.3 is 0 Å². The number of aromatic nitrogens is 8. The van der Waals surface area contributed by atoms with Gasteiger partial charge in [0.1, 0.15) is 0 Å². The summed E-state index contributed by atoms with van der Waals surface area (Å²) in [5, 5.41) is 20.1. The molecule has 0 saturated carbocycles. The van der Waals surface area contributed by atoms with Crippen molar-refractivity contribution in [1.82, 2.24) is 37.0 Å². The van der Waals surface area contributed by atoms with Gasteiger partial charge in [-0.3, -0.25) is 0 Å². The molecule has 8 heterocycles. The summed E-state index contributed by atoms with van der Waals surface area (Å²) in [5.41, 5.74) is 36.8. The van der Waals surface area contributed by atoms with E-state index >= 15 is 0 Å². The Kier molecular flexibility index (Phi) is 23.7. The Balaban J connectivity index is 0.000000120. The molecule has 10 nitrogen and oxygen atoms in total. The van der Waals surface area contributed by atoms with Crippen LogP contribution in [0.4, 0.5) is 22.7 Å². The summed E-state index contributed by atoms with van der Waals surface area (Å²) in [5.74, 6) is 0. The zero-order valence-electron chi connectivity index (χ0n) is 78.4. The largest absolute Gasteiger partial charge is 0.399 e. The van der Waals surface area contributed by atoms with Crippen LogP contribution in [0.5, 0.6) is 0 Å². The third-order valence-electron chi connectivity index (χ3n) is 28.2. The predicted molar refractivity (Wildman–Crippen MR) is 646 cm³/mol. The Morgan fingerprint density at radius 2 is 0.356 bits per heavy atom. The number of halogens is 3. The molecule has 0 fully saturated rings. The Bertz CT molecular complexity index is 9680. The van der Waals surface area contributed by atoms with E-state index in [4.69, 9.17) is 5.73 Å². The highest BCUT2D eigenvalue weighted by molar-refractivity contribution is 14.1. The molecule has 0 aliphatic carbocycles. The van der Waals surface area contributed by atoms with Gasteiger partial charge < -0.3 is 47.6 Å². The first-order valence-electron chi connectivity index (χ1n) is 48.7. The molecule has 146 heavy (non-hydrogen) atoms. The van der Waals surface area contributed by atoms with Gasteiger partial charge in [0.2, 0.25) is 0 Å². The molecule has 0 spiro atoms. The molecule has 0 aliphatic rings. The molecule has 696 valence electrons. The number of hydrogen-bond donors (Lipinski definition) is 2. The van der Waals surface area contributed by atoms with E-state index in [-0.39, 0.29) is 7.43 Å². The third-order valence-corrected chi connectivity index (χ3v) is 30.2. The van der Waals surface area contributed by atoms with Crippen molar-refractivity contribution in [1.29, 1.82) is 0 Å².